The first-order chi connectivity index (χ1) is 9.24. The SMILES string of the molecule is C[C@H]1CN(c2cccc(C3CCNCC3)n2)C(=O)O1. The van der Waals surface area contributed by atoms with Gasteiger partial charge in [0.25, 0.3) is 0 Å². The van der Waals surface area contributed by atoms with Crippen LogP contribution in [0.5, 0.6) is 0 Å². The first-order valence-corrected chi connectivity index (χ1v) is 6.90. The van der Waals surface area contributed by atoms with Gasteiger partial charge < -0.3 is 10.1 Å². The lowest BCUT2D eigenvalue weighted by Crippen LogP contribution is -2.28. The summed E-state index contributed by atoms with van der Waals surface area (Å²) in [6, 6.07) is 5.92. The second kappa shape index (κ2) is 5.17. The van der Waals surface area contributed by atoms with Crippen molar-refractivity contribution in [2.45, 2.75) is 31.8 Å². The molecule has 2 aliphatic rings. The van der Waals surface area contributed by atoms with E-state index in [1.165, 1.54) is 0 Å². The predicted octanol–water partition coefficient (Wildman–Crippen LogP) is 1.89. The van der Waals surface area contributed by atoms with E-state index in [-0.39, 0.29) is 12.2 Å². The van der Waals surface area contributed by atoms with E-state index in [9.17, 15) is 4.79 Å². The van der Waals surface area contributed by atoms with Gasteiger partial charge in [0.05, 0.1) is 6.54 Å². The molecule has 2 saturated heterocycles. The molecule has 0 saturated carbocycles. The van der Waals surface area contributed by atoms with Crippen LogP contribution in [0.2, 0.25) is 0 Å². The molecule has 0 radical (unpaired) electrons. The smallest absolute Gasteiger partial charge is 0.415 e. The molecule has 19 heavy (non-hydrogen) atoms. The molecule has 0 aromatic carbocycles. The number of hydrogen-bond donors (Lipinski definition) is 1. The third kappa shape index (κ3) is 2.56. The Morgan fingerprint density at radius 3 is 2.84 bits per heavy atom. The van der Waals surface area contributed by atoms with Gasteiger partial charge in [-0.05, 0) is 45.0 Å². The van der Waals surface area contributed by atoms with Gasteiger partial charge in [-0.25, -0.2) is 9.78 Å². The van der Waals surface area contributed by atoms with Gasteiger partial charge in [0.1, 0.15) is 11.9 Å². The van der Waals surface area contributed by atoms with E-state index >= 15 is 0 Å². The summed E-state index contributed by atoms with van der Waals surface area (Å²) in [6.07, 6.45) is 1.87. The van der Waals surface area contributed by atoms with E-state index < -0.39 is 0 Å². The fourth-order valence-electron chi connectivity index (χ4n) is 2.73. The lowest BCUT2D eigenvalue weighted by Gasteiger charge is -2.23. The summed E-state index contributed by atoms with van der Waals surface area (Å²) in [4.78, 5) is 18.0. The van der Waals surface area contributed by atoms with E-state index in [4.69, 9.17) is 4.74 Å². The maximum atomic E-state index is 11.7. The Morgan fingerprint density at radius 2 is 2.16 bits per heavy atom. The number of cyclic esters (lactones) is 1. The van der Waals surface area contributed by atoms with Crippen LogP contribution in [0.1, 0.15) is 31.4 Å². The molecule has 3 heterocycles. The van der Waals surface area contributed by atoms with Crippen LogP contribution in [0.25, 0.3) is 0 Å². The minimum absolute atomic E-state index is 0.0585. The summed E-state index contributed by atoms with van der Waals surface area (Å²) in [5.74, 6) is 1.21. The lowest BCUT2D eigenvalue weighted by molar-refractivity contribution is 0.150. The molecule has 0 spiro atoms. The van der Waals surface area contributed by atoms with Crippen molar-refractivity contribution in [2.24, 2.45) is 0 Å². The van der Waals surface area contributed by atoms with Crippen LogP contribution in [0.4, 0.5) is 10.6 Å². The third-order valence-corrected chi connectivity index (χ3v) is 3.75. The van der Waals surface area contributed by atoms with Gasteiger partial charge in [0, 0.05) is 11.6 Å². The summed E-state index contributed by atoms with van der Waals surface area (Å²) >= 11 is 0. The zero-order valence-corrected chi connectivity index (χ0v) is 11.1. The number of piperidine rings is 1. The van der Waals surface area contributed by atoms with Gasteiger partial charge in [-0.2, -0.15) is 0 Å². The zero-order valence-electron chi connectivity index (χ0n) is 11.1. The first kappa shape index (κ1) is 12.4. The van der Waals surface area contributed by atoms with E-state index in [0.29, 0.717) is 18.3 Å². The molecular formula is C14H19N3O2. The number of nitrogens with zero attached hydrogens (tertiary/aromatic N) is 2. The van der Waals surface area contributed by atoms with E-state index in [2.05, 4.69) is 16.4 Å². The number of rotatable bonds is 2. The molecule has 3 rings (SSSR count). The molecule has 5 nitrogen and oxygen atoms in total. The average Bonchev–Trinajstić information content (AvgIpc) is 2.79. The van der Waals surface area contributed by atoms with Crippen LogP contribution < -0.4 is 10.2 Å². The topological polar surface area (TPSA) is 54.5 Å². The number of pyridine rings is 1. The number of anilines is 1. The Morgan fingerprint density at radius 1 is 1.37 bits per heavy atom. The normalized spacial score (nSPS) is 24.6. The van der Waals surface area contributed by atoms with Gasteiger partial charge in [-0.15, -0.1) is 0 Å². The minimum atomic E-state index is -0.289. The van der Waals surface area contributed by atoms with Crippen molar-refractivity contribution in [1.29, 1.82) is 0 Å². The molecule has 2 fully saturated rings. The Bertz CT molecular complexity index is 472. The Hall–Kier alpha value is -1.62. The monoisotopic (exact) mass is 261 g/mol. The summed E-state index contributed by atoms with van der Waals surface area (Å²) in [6.45, 7) is 4.56. The minimum Gasteiger partial charge on any atom is -0.444 e. The van der Waals surface area contributed by atoms with E-state index in [1.807, 2.05) is 19.1 Å². The quantitative estimate of drug-likeness (QED) is 0.883. The van der Waals surface area contributed by atoms with Gasteiger partial charge in [-0.1, -0.05) is 6.07 Å². The number of hydrogen-bond acceptors (Lipinski definition) is 4. The van der Waals surface area contributed by atoms with Crippen molar-refractivity contribution in [2.75, 3.05) is 24.5 Å². The van der Waals surface area contributed by atoms with Crippen molar-refractivity contribution >= 4 is 11.9 Å². The largest absolute Gasteiger partial charge is 0.444 e. The van der Waals surface area contributed by atoms with Crippen molar-refractivity contribution in [1.82, 2.24) is 10.3 Å². The summed E-state index contributed by atoms with van der Waals surface area (Å²) < 4.78 is 5.15. The standard InChI is InChI=1S/C14H19N3O2/c1-10-9-17(14(18)19-10)13-4-2-3-12(16-13)11-5-7-15-8-6-11/h2-4,10-11,15H,5-9H2,1H3/t10-/m0/s1. The predicted molar refractivity (Wildman–Crippen MR) is 72.4 cm³/mol. The van der Waals surface area contributed by atoms with Crippen LogP contribution >= 0.6 is 0 Å². The second-order valence-electron chi connectivity index (χ2n) is 5.25. The number of ether oxygens (including phenoxy) is 1. The van der Waals surface area contributed by atoms with Crippen LogP contribution in [-0.4, -0.2) is 36.8 Å². The van der Waals surface area contributed by atoms with Crippen molar-refractivity contribution in [3.63, 3.8) is 0 Å². The molecule has 2 aliphatic heterocycles. The molecule has 1 aromatic heterocycles. The van der Waals surface area contributed by atoms with Crippen molar-refractivity contribution in [3.8, 4) is 0 Å². The molecule has 0 bridgehead atoms. The fraction of sp³-hybridized carbons (Fsp3) is 0.571. The molecular weight excluding hydrogens is 242 g/mol. The second-order valence-corrected chi connectivity index (χ2v) is 5.25. The number of carbonyl (C=O) groups is 1. The Labute approximate surface area is 113 Å². The van der Waals surface area contributed by atoms with E-state index in [1.54, 1.807) is 4.90 Å². The van der Waals surface area contributed by atoms with Crippen molar-refractivity contribution in [3.05, 3.63) is 23.9 Å². The number of carbonyl (C=O) groups excluding carboxylic acids is 1. The number of nitrogens with one attached hydrogen (secondary N) is 1. The lowest BCUT2D eigenvalue weighted by atomic mass is 9.94. The Kier molecular flexibility index (Phi) is 3.38. The van der Waals surface area contributed by atoms with Gasteiger partial charge in [-0.3, -0.25) is 4.90 Å². The highest BCUT2D eigenvalue weighted by Gasteiger charge is 2.30. The van der Waals surface area contributed by atoms with Crippen molar-refractivity contribution < 1.29 is 9.53 Å². The summed E-state index contributed by atoms with van der Waals surface area (Å²) in [5.41, 5.74) is 1.09. The van der Waals surface area contributed by atoms with Crippen LogP contribution in [0.15, 0.2) is 18.2 Å². The summed E-state index contributed by atoms with van der Waals surface area (Å²) in [7, 11) is 0. The number of amides is 1. The maximum Gasteiger partial charge on any atom is 0.415 e. The van der Waals surface area contributed by atoms with Gasteiger partial charge in [0.2, 0.25) is 0 Å². The van der Waals surface area contributed by atoms with Crippen LogP contribution in [0, 0.1) is 0 Å². The van der Waals surface area contributed by atoms with E-state index in [0.717, 1.165) is 31.6 Å². The zero-order chi connectivity index (χ0) is 13.2. The molecule has 0 unspecified atom stereocenters. The highest BCUT2D eigenvalue weighted by molar-refractivity contribution is 5.88. The van der Waals surface area contributed by atoms with Crippen LogP contribution in [-0.2, 0) is 4.74 Å². The molecule has 1 N–H and O–H groups in total. The molecule has 1 atom stereocenters. The van der Waals surface area contributed by atoms with Gasteiger partial charge in [0.15, 0.2) is 0 Å². The summed E-state index contributed by atoms with van der Waals surface area (Å²) in [5, 5.41) is 3.35. The van der Waals surface area contributed by atoms with Gasteiger partial charge >= 0.3 is 6.09 Å². The highest BCUT2D eigenvalue weighted by atomic mass is 16.6. The maximum absolute atomic E-state index is 11.7. The molecule has 1 aromatic rings. The molecule has 0 aliphatic carbocycles. The highest BCUT2D eigenvalue weighted by Crippen LogP contribution is 2.26. The third-order valence-electron chi connectivity index (χ3n) is 3.75. The molecule has 5 heteroatoms. The Balaban J connectivity index is 1.81. The fourth-order valence-corrected chi connectivity index (χ4v) is 2.73. The number of aromatic nitrogens is 1. The van der Waals surface area contributed by atoms with Crippen LogP contribution in [0.3, 0.4) is 0 Å². The molecule has 102 valence electrons. The first-order valence-electron chi connectivity index (χ1n) is 6.90. The molecule has 1 amide bonds. The average molecular weight is 261 g/mol.